The molecule has 2 heterocycles. The number of hydrogen-bond donors (Lipinski definition) is 2. The smallest absolute Gasteiger partial charge is 0.204 e. The van der Waals surface area contributed by atoms with Gasteiger partial charge in [-0.05, 0) is 39.3 Å². The molecule has 3 aromatic rings. The van der Waals surface area contributed by atoms with E-state index < -0.39 is 5.41 Å². The van der Waals surface area contributed by atoms with Crippen LogP contribution in [-0.2, 0) is 11.8 Å². The van der Waals surface area contributed by atoms with E-state index in [9.17, 15) is 15.0 Å². The molecule has 4 rings (SSSR count). The predicted molar refractivity (Wildman–Crippen MR) is 110 cm³/mol. The van der Waals surface area contributed by atoms with Crippen LogP contribution in [0.15, 0.2) is 39.1 Å². The van der Waals surface area contributed by atoms with E-state index in [2.05, 4.69) is 0 Å². The summed E-state index contributed by atoms with van der Waals surface area (Å²) in [5.74, 6) is 0.358. The van der Waals surface area contributed by atoms with Crippen LogP contribution in [0.4, 0.5) is 0 Å². The van der Waals surface area contributed by atoms with E-state index in [0.717, 1.165) is 5.57 Å². The minimum atomic E-state index is -0.465. The van der Waals surface area contributed by atoms with Crippen LogP contribution in [0.3, 0.4) is 0 Å². The number of phenols is 2. The van der Waals surface area contributed by atoms with Crippen molar-refractivity contribution in [3.05, 3.63) is 51.2 Å². The lowest BCUT2D eigenvalue weighted by atomic mass is 9.79. The van der Waals surface area contributed by atoms with Crippen LogP contribution in [-0.4, -0.2) is 16.3 Å². The molecule has 0 aliphatic carbocycles. The Bertz CT molecular complexity index is 1210. The van der Waals surface area contributed by atoms with Gasteiger partial charge in [-0.15, -0.1) is 0 Å². The second-order valence-electron chi connectivity index (χ2n) is 8.29. The summed E-state index contributed by atoms with van der Waals surface area (Å²) in [5, 5.41) is 21.7. The first-order valence-electron chi connectivity index (χ1n) is 9.41. The van der Waals surface area contributed by atoms with Gasteiger partial charge in [-0.25, -0.2) is 0 Å². The fourth-order valence-electron chi connectivity index (χ4n) is 3.86. The fourth-order valence-corrected chi connectivity index (χ4v) is 3.86. The van der Waals surface area contributed by atoms with E-state index in [4.69, 9.17) is 9.15 Å². The van der Waals surface area contributed by atoms with Crippen molar-refractivity contribution >= 4 is 21.9 Å². The van der Waals surface area contributed by atoms with Gasteiger partial charge in [0.1, 0.15) is 28.6 Å². The molecular formula is C23H24O5. The highest BCUT2D eigenvalue weighted by Gasteiger charge is 2.44. The fraction of sp³-hybridized carbons (Fsp3) is 0.348. The second kappa shape index (κ2) is 6.03. The summed E-state index contributed by atoms with van der Waals surface area (Å²) in [7, 11) is 0. The van der Waals surface area contributed by atoms with Gasteiger partial charge < -0.3 is 19.4 Å². The van der Waals surface area contributed by atoms with Crippen LogP contribution in [0.25, 0.3) is 21.9 Å². The monoisotopic (exact) mass is 380 g/mol. The van der Waals surface area contributed by atoms with Gasteiger partial charge in [-0.2, -0.15) is 0 Å². The number of aromatic hydroxyl groups is 2. The molecule has 0 spiro atoms. The van der Waals surface area contributed by atoms with E-state index in [1.54, 1.807) is 12.1 Å². The summed E-state index contributed by atoms with van der Waals surface area (Å²) in [6, 6.07) is 4.65. The van der Waals surface area contributed by atoms with Crippen LogP contribution in [0, 0.1) is 0 Å². The molecule has 0 fully saturated rings. The molecule has 0 bridgehead atoms. The number of benzene rings is 2. The van der Waals surface area contributed by atoms with Gasteiger partial charge in [0, 0.05) is 16.5 Å². The molecule has 1 unspecified atom stereocenters. The van der Waals surface area contributed by atoms with E-state index in [-0.39, 0.29) is 45.0 Å². The number of hydrogen-bond acceptors (Lipinski definition) is 5. The molecule has 5 nitrogen and oxygen atoms in total. The molecule has 146 valence electrons. The first kappa shape index (κ1) is 18.4. The SMILES string of the molecule is CC(C)=CCc1c2c(c(O)c3c(=O)c4cccc(O)c4oc13)C(C)(C)C(C)O2. The van der Waals surface area contributed by atoms with E-state index in [1.807, 2.05) is 40.7 Å². The summed E-state index contributed by atoms with van der Waals surface area (Å²) >= 11 is 0. The molecule has 1 atom stereocenters. The molecule has 1 aliphatic heterocycles. The van der Waals surface area contributed by atoms with Gasteiger partial charge in [0.25, 0.3) is 0 Å². The Balaban J connectivity index is 2.24. The Morgan fingerprint density at radius 1 is 1.21 bits per heavy atom. The third-order valence-electron chi connectivity index (χ3n) is 5.82. The highest BCUT2D eigenvalue weighted by atomic mass is 16.5. The normalized spacial score (nSPS) is 17.5. The first-order chi connectivity index (χ1) is 13.1. The maximum absolute atomic E-state index is 13.3. The van der Waals surface area contributed by atoms with E-state index >= 15 is 0 Å². The molecular weight excluding hydrogens is 356 g/mol. The number of phenolic OH excluding ortho intramolecular Hbond substituents is 2. The second-order valence-corrected chi connectivity index (χ2v) is 8.29. The zero-order valence-electron chi connectivity index (χ0n) is 16.7. The average Bonchev–Trinajstić information content (AvgIpc) is 2.85. The van der Waals surface area contributed by atoms with Crippen molar-refractivity contribution in [2.45, 2.75) is 52.6 Å². The van der Waals surface area contributed by atoms with Crippen molar-refractivity contribution in [1.82, 2.24) is 0 Å². The van der Waals surface area contributed by atoms with Crippen LogP contribution in [0.2, 0.25) is 0 Å². The zero-order valence-corrected chi connectivity index (χ0v) is 16.7. The number of allylic oxidation sites excluding steroid dienone is 2. The third-order valence-corrected chi connectivity index (χ3v) is 5.82. The molecule has 0 amide bonds. The quantitative estimate of drug-likeness (QED) is 0.487. The van der Waals surface area contributed by atoms with Crippen LogP contribution in [0.5, 0.6) is 17.2 Å². The third kappa shape index (κ3) is 2.42. The zero-order chi connectivity index (χ0) is 20.4. The standard InChI is InChI=1S/C23H24O5/c1-11(2)9-10-14-21-16(18(25)13-7-6-8-15(24)20(13)28-21)19(26)17-22(14)27-12(3)23(17,4)5/h6-9,12,24,26H,10H2,1-5H3. The number of para-hydroxylation sites is 1. The van der Waals surface area contributed by atoms with Crippen LogP contribution in [0.1, 0.15) is 45.7 Å². The highest BCUT2D eigenvalue weighted by molar-refractivity contribution is 5.99. The predicted octanol–water partition coefficient (Wildman–Crippen LogP) is 4.92. The molecule has 0 saturated carbocycles. The van der Waals surface area contributed by atoms with Gasteiger partial charge in [0.2, 0.25) is 5.43 Å². The summed E-state index contributed by atoms with van der Waals surface area (Å²) in [6.45, 7) is 9.93. The van der Waals surface area contributed by atoms with Gasteiger partial charge in [0.05, 0.1) is 5.39 Å². The molecule has 0 radical (unpaired) electrons. The minimum absolute atomic E-state index is 0.0979. The summed E-state index contributed by atoms with van der Waals surface area (Å²) in [5.41, 5.74) is 2.02. The molecule has 5 heteroatoms. The Hall–Kier alpha value is -2.95. The Kier molecular flexibility index (Phi) is 3.96. The van der Waals surface area contributed by atoms with Crippen molar-refractivity contribution in [3.8, 4) is 17.2 Å². The Morgan fingerprint density at radius 2 is 1.93 bits per heavy atom. The maximum atomic E-state index is 13.3. The highest BCUT2D eigenvalue weighted by Crippen LogP contribution is 2.52. The average molecular weight is 380 g/mol. The van der Waals surface area contributed by atoms with Crippen molar-refractivity contribution < 1.29 is 19.4 Å². The molecule has 2 N–H and O–H groups in total. The maximum Gasteiger partial charge on any atom is 0.204 e. The van der Waals surface area contributed by atoms with Crippen molar-refractivity contribution in [3.63, 3.8) is 0 Å². The Morgan fingerprint density at radius 3 is 2.61 bits per heavy atom. The van der Waals surface area contributed by atoms with Crippen molar-refractivity contribution in [1.29, 1.82) is 0 Å². The van der Waals surface area contributed by atoms with Gasteiger partial charge in [-0.1, -0.05) is 31.6 Å². The molecule has 0 saturated heterocycles. The van der Waals surface area contributed by atoms with Gasteiger partial charge in [-0.3, -0.25) is 4.79 Å². The molecule has 28 heavy (non-hydrogen) atoms. The largest absolute Gasteiger partial charge is 0.507 e. The van der Waals surface area contributed by atoms with Crippen molar-refractivity contribution in [2.75, 3.05) is 0 Å². The lowest BCUT2D eigenvalue weighted by molar-refractivity contribution is 0.184. The first-order valence-corrected chi connectivity index (χ1v) is 9.41. The lowest BCUT2D eigenvalue weighted by Gasteiger charge is -2.23. The molecule has 1 aromatic heterocycles. The van der Waals surface area contributed by atoms with E-state index in [1.165, 1.54) is 6.07 Å². The lowest BCUT2D eigenvalue weighted by Crippen LogP contribution is -2.29. The summed E-state index contributed by atoms with van der Waals surface area (Å²) < 4.78 is 12.2. The molecule has 1 aliphatic rings. The number of ether oxygens (including phenoxy) is 1. The summed E-state index contributed by atoms with van der Waals surface area (Å²) in [6.07, 6.45) is 2.35. The number of fused-ring (bicyclic) bond motifs is 3. The Labute approximate surface area is 162 Å². The van der Waals surface area contributed by atoms with E-state index in [0.29, 0.717) is 23.3 Å². The summed E-state index contributed by atoms with van der Waals surface area (Å²) in [4.78, 5) is 13.3. The van der Waals surface area contributed by atoms with Crippen LogP contribution >= 0.6 is 0 Å². The molecule has 2 aromatic carbocycles. The van der Waals surface area contributed by atoms with Gasteiger partial charge in [0.15, 0.2) is 11.3 Å². The van der Waals surface area contributed by atoms with Gasteiger partial charge >= 0.3 is 0 Å². The van der Waals surface area contributed by atoms with Crippen molar-refractivity contribution in [2.24, 2.45) is 0 Å². The minimum Gasteiger partial charge on any atom is -0.507 e. The number of rotatable bonds is 2. The topological polar surface area (TPSA) is 79.9 Å². The van der Waals surface area contributed by atoms with Crippen LogP contribution < -0.4 is 10.2 Å².